The van der Waals surface area contributed by atoms with Crippen LogP contribution < -0.4 is 0 Å². The van der Waals surface area contributed by atoms with Crippen LogP contribution in [0, 0.1) is 65.1 Å². The van der Waals surface area contributed by atoms with Gasteiger partial charge in [0.1, 0.15) is 0 Å². The van der Waals surface area contributed by atoms with Crippen LogP contribution in [0.2, 0.25) is 0 Å². The molecule has 6 fully saturated rings. The molecule has 0 aromatic carbocycles. The van der Waals surface area contributed by atoms with Crippen LogP contribution in [0.5, 0.6) is 0 Å². The lowest BCUT2D eigenvalue weighted by molar-refractivity contribution is -0.463. The van der Waals surface area contributed by atoms with Gasteiger partial charge in [-0.15, -0.1) is 0 Å². The van der Waals surface area contributed by atoms with Gasteiger partial charge in [-0.2, -0.15) is 43.9 Å². The van der Waals surface area contributed by atoms with E-state index in [1.165, 1.54) is 0 Å². The SMILES string of the molecule is CC(=O)OC1(C2CC3CC2C(C)C3C)COC(O)(C(F)(F)F)C1(F)F.CC1C(C)C2CC1C1COC(O)(C(F)(F)F)C(F)(F)C21. The number of hydrogen-bond acceptors (Lipinski definition) is 6. The van der Waals surface area contributed by atoms with Crippen LogP contribution in [0.25, 0.3) is 0 Å². The van der Waals surface area contributed by atoms with Crippen molar-refractivity contribution >= 4 is 5.97 Å². The molecule has 16 heteroatoms. The first-order chi connectivity index (χ1) is 20.3. The number of aliphatic hydroxyl groups is 2. The van der Waals surface area contributed by atoms with Crippen molar-refractivity contribution in [2.45, 2.75) is 95.3 Å². The van der Waals surface area contributed by atoms with E-state index in [0.29, 0.717) is 12.8 Å². The van der Waals surface area contributed by atoms with Gasteiger partial charge in [0.05, 0.1) is 13.2 Å². The molecule has 0 amide bonds. The molecule has 6 rings (SSSR count). The third-order valence-corrected chi connectivity index (χ3v) is 12.6. The summed E-state index contributed by atoms with van der Waals surface area (Å²) in [6.45, 7) is 6.84. The third kappa shape index (κ3) is 4.45. The van der Waals surface area contributed by atoms with E-state index in [2.05, 4.69) is 9.47 Å². The van der Waals surface area contributed by atoms with Crippen molar-refractivity contribution in [3.05, 3.63) is 0 Å². The van der Waals surface area contributed by atoms with Crippen molar-refractivity contribution in [1.29, 1.82) is 0 Å². The molecule has 2 saturated heterocycles. The summed E-state index contributed by atoms with van der Waals surface area (Å²) in [4.78, 5) is 11.5. The highest BCUT2D eigenvalue weighted by Gasteiger charge is 2.86. The topological polar surface area (TPSA) is 85.2 Å². The number of hydrogen-bond donors (Lipinski definition) is 2. The molecule has 0 aromatic heterocycles. The minimum atomic E-state index is -5.73. The summed E-state index contributed by atoms with van der Waals surface area (Å²) in [6.07, 6.45) is -9.91. The van der Waals surface area contributed by atoms with Gasteiger partial charge in [0.25, 0.3) is 0 Å². The Balaban J connectivity index is 0.000000182. The predicted octanol–water partition coefficient (Wildman–Crippen LogP) is 6.19. The molecular weight excluding hydrogens is 634 g/mol. The number of ether oxygens (including phenoxy) is 3. The van der Waals surface area contributed by atoms with Gasteiger partial charge in [-0.1, -0.05) is 27.7 Å². The van der Waals surface area contributed by atoms with Crippen LogP contribution in [-0.4, -0.2) is 70.8 Å². The standard InChI is InChI=1S/C16H21F5O4.C13H17F5O2/c1-7-8(2)11-4-10(7)5-12(11)13(25-9(3)22)6-24-15(23,14(13,17)18)16(19,20)21;1-5-6(2)8-3-7(5)9-4-20-12(19,13(16,17)18)11(14,15)10(8)9/h7-8,10-12,23H,4-6H2,1-3H3;5-10,19H,3-4H2,1-2H3. The molecule has 6 aliphatic rings. The second kappa shape index (κ2) is 10.3. The zero-order chi connectivity index (χ0) is 34.1. The highest BCUT2D eigenvalue weighted by molar-refractivity contribution is 5.67. The Labute approximate surface area is 253 Å². The van der Waals surface area contributed by atoms with E-state index in [4.69, 9.17) is 4.74 Å². The van der Waals surface area contributed by atoms with Crippen LogP contribution in [0.4, 0.5) is 43.9 Å². The molecule has 4 saturated carbocycles. The lowest BCUT2D eigenvalue weighted by Gasteiger charge is -2.51. The fourth-order valence-corrected chi connectivity index (χ4v) is 9.90. The average Bonchev–Trinajstić information content (AvgIpc) is 3.67. The van der Waals surface area contributed by atoms with Crippen LogP contribution in [0.1, 0.15) is 53.9 Å². The largest absolute Gasteiger partial charge is 0.450 e. The van der Waals surface area contributed by atoms with E-state index in [1.807, 2.05) is 27.7 Å². The van der Waals surface area contributed by atoms with Crippen LogP contribution in [-0.2, 0) is 19.0 Å². The Kier molecular flexibility index (Phi) is 8.00. The molecule has 6 nitrogen and oxygen atoms in total. The molecule has 14 unspecified atom stereocenters. The van der Waals surface area contributed by atoms with Gasteiger partial charge in [-0.25, -0.2) is 0 Å². The number of carbonyl (C=O) groups is 1. The molecular formula is C29H38F10O6. The number of fused-ring (bicyclic) bond motifs is 7. The van der Waals surface area contributed by atoms with Gasteiger partial charge in [0, 0.05) is 18.8 Å². The third-order valence-electron chi connectivity index (χ3n) is 12.6. The smallest absolute Gasteiger partial charge is 0.449 e. The Hall–Kier alpha value is -1.39. The van der Waals surface area contributed by atoms with Gasteiger partial charge in [0.2, 0.25) is 5.60 Å². The lowest BCUT2D eigenvalue weighted by Crippen LogP contribution is -2.69. The Morgan fingerprint density at radius 3 is 1.73 bits per heavy atom. The summed E-state index contributed by atoms with van der Waals surface area (Å²) in [7, 11) is 0. The van der Waals surface area contributed by atoms with E-state index in [0.717, 1.165) is 6.92 Å². The first kappa shape index (κ1) is 34.9. The summed E-state index contributed by atoms with van der Waals surface area (Å²) in [5.41, 5.74) is -2.82. The predicted molar refractivity (Wildman–Crippen MR) is 133 cm³/mol. The quantitative estimate of drug-likeness (QED) is 0.269. The fourth-order valence-electron chi connectivity index (χ4n) is 9.90. The Morgan fingerprint density at radius 2 is 1.27 bits per heavy atom. The summed E-state index contributed by atoms with van der Waals surface area (Å²) in [6, 6.07) is 0. The summed E-state index contributed by atoms with van der Waals surface area (Å²) in [5, 5.41) is 19.1. The number of alkyl halides is 10. The second-order valence-electron chi connectivity index (χ2n) is 14.3. The molecule has 14 atom stereocenters. The number of carbonyl (C=O) groups excluding carboxylic acids is 1. The zero-order valence-corrected chi connectivity index (χ0v) is 25.2. The highest BCUT2D eigenvalue weighted by Crippen LogP contribution is 2.68. The maximum absolute atomic E-state index is 15.0. The van der Waals surface area contributed by atoms with Crippen molar-refractivity contribution in [2.24, 2.45) is 65.1 Å². The summed E-state index contributed by atoms with van der Waals surface area (Å²) in [5.74, 6) is -22.7. The minimum Gasteiger partial charge on any atom is -0.450 e. The van der Waals surface area contributed by atoms with Gasteiger partial charge in [0.15, 0.2) is 0 Å². The normalized spacial score (nSPS) is 51.1. The maximum atomic E-state index is 15.0. The van der Waals surface area contributed by atoms with Crippen LogP contribution >= 0.6 is 0 Å². The zero-order valence-electron chi connectivity index (χ0n) is 25.2. The van der Waals surface area contributed by atoms with E-state index < -0.39 is 84.2 Å². The number of rotatable bonds is 2. The molecule has 0 aromatic rings. The van der Waals surface area contributed by atoms with Crippen LogP contribution in [0.15, 0.2) is 0 Å². The monoisotopic (exact) mass is 672 g/mol. The molecule has 2 N–H and O–H groups in total. The van der Waals surface area contributed by atoms with E-state index in [1.54, 1.807) is 0 Å². The molecule has 0 spiro atoms. The molecule has 2 heterocycles. The van der Waals surface area contributed by atoms with Crippen molar-refractivity contribution in [1.82, 2.24) is 0 Å². The lowest BCUT2D eigenvalue weighted by atomic mass is 9.65. The van der Waals surface area contributed by atoms with Gasteiger partial charge in [-0.05, 0) is 72.5 Å². The summed E-state index contributed by atoms with van der Waals surface area (Å²) < 4.78 is 150. The summed E-state index contributed by atoms with van der Waals surface area (Å²) >= 11 is 0. The maximum Gasteiger partial charge on any atom is 0.449 e. The molecule has 2 aliphatic heterocycles. The van der Waals surface area contributed by atoms with Crippen molar-refractivity contribution in [3.8, 4) is 0 Å². The van der Waals surface area contributed by atoms with Gasteiger partial charge < -0.3 is 24.4 Å². The highest BCUT2D eigenvalue weighted by atomic mass is 19.4. The number of halogens is 10. The van der Waals surface area contributed by atoms with E-state index in [-0.39, 0.29) is 47.8 Å². The van der Waals surface area contributed by atoms with Crippen molar-refractivity contribution < 1.29 is 73.1 Å². The molecule has 45 heavy (non-hydrogen) atoms. The first-order valence-corrected chi connectivity index (χ1v) is 15.1. The molecule has 0 radical (unpaired) electrons. The fraction of sp³-hybridized carbons (Fsp3) is 0.966. The molecule has 4 aliphatic carbocycles. The van der Waals surface area contributed by atoms with E-state index in [9.17, 15) is 58.9 Å². The minimum absolute atomic E-state index is 0.00608. The Morgan fingerprint density at radius 1 is 0.733 bits per heavy atom. The molecule has 260 valence electrons. The average molecular weight is 673 g/mol. The van der Waals surface area contributed by atoms with Crippen molar-refractivity contribution in [3.63, 3.8) is 0 Å². The Bertz CT molecular complexity index is 1180. The molecule has 4 bridgehead atoms. The van der Waals surface area contributed by atoms with Gasteiger partial charge in [-0.3, -0.25) is 4.79 Å². The van der Waals surface area contributed by atoms with Crippen LogP contribution in [0.3, 0.4) is 0 Å². The number of esters is 1. The van der Waals surface area contributed by atoms with Gasteiger partial charge >= 0.3 is 41.7 Å². The van der Waals surface area contributed by atoms with E-state index >= 15 is 0 Å². The van der Waals surface area contributed by atoms with Crippen molar-refractivity contribution in [2.75, 3.05) is 13.2 Å². The first-order valence-electron chi connectivity index (χ1n) is 15.1. The second-order valence-corrected chi connectivity index (χ2v) is 14.3.